The summed E-state index contributed by atoms with van der Waals surface area (Å²) in [5.41, 5.74) is 17.1. The summed E-state index contributed by atoms with van der Waals surface area (Å²) < 4.78 is 0. The number of hydrogen-bond acceptors (Lipinski definition) is 3. The van der Waals surface area contributed by atoms with E-state index < -0.39 is 0 Å². The van der Waals surface area contributed by atoms with Crippen molar-refractivity contribution in [2.45, 2.75) is 0 Å². The average Bonchev–Trinajstić information content (AvgIpc) is 3.37. The first-order chi connectivity index (χ1) is 30.7. The molecule has 0 spiro atoms. The number of nitrogens with zero attached hydrogens (tertiary/aromatic N) is 3. The molecule has 0 aliphatic carbocycles. The molecule has 0 radical (unpaired) electrons. The first-order valence-electron chi connectivity index (χ1n) is 21.0. The van der Waals surface area contributed by atoms with E-state index in [2.05, 4.69) is 224 Å². The monoisotopic (exact) mass is 789 g/mol. The molecule has 0 aliphatic heterocycles. The first-order valence-corrected chi connectivity index (χ1v) is 21.0. The second-order valence-corrected chi connectivity index (χ2v) is 15.6. The van der Waals surface area contributed by atoms with Gasteiger partial charge < -0.3 is 0 Å². The smallest absolute Gasteiger partial charge is 0.160 e. The van der Waals surface area contributed by atoms with Crippen molar-refractivity contribution in [3.05, 3.63) is 237 Å². The Morgan fingerprint density at radius 2 is 0.661 bits per heavy atom. The molecular weight excluding hydrogens is 751 g/mol. The minimum Gasteiger partial charge on any atom is -0.247 e. The van der Waals surface area contributed by atoms with Crippen molar-refractivity contribution < 1.29 is 0 Å². The van der Waals surface area contributed by atoms with Crippen LogP contribution in [0.4, 0.5) is 0 Å². The van der Waals surface area contributed by atoms with E-state index in [9.17, 15) is 0 Å². The predicted octanol–water partition coefficient (Wildman–Crippen LogP) is 15.5. The van der Waals surface area contributed by atoms with E-state index in [-0.39, 0.29) is 0 Å². The van der Waals surface area contributed by atoms with Crippen LogP contribution in [0.1, 0.15) is 0 Å². The Kier molecular flexibility index (Phi) is 9.53. The van der Waals surface area contributed by atoms with E-state index in [0.717, 1.165) is 72.3 Å². The highest BCUT2D eigenvalue weighted by Gasteiger charge is 2.16. The van der Waals surface area contributed by atoms with Gasteiger partial charge in [-0.3, -0.25) is 0 Å². The zero-order valence-electron chi connectivity index (χ0n) is 33.9. The minimum absolute atomic E-state index is 0.685. The van der Waals surface area contributed by atoms with Crippen LogP contribution in [-0.4, -0.2) is 15.0 Å². The highest BCUT2D eigenvalue weighted by Crippen LogP contribution is 2.40. The van der Waals surface area contributed by atoms with E-state index in [4.69, 9.17) is 15.0 Å². The molecule has 62 heavy (non-hydrogen) atoms. The van der Waals surface area contributed by atoms with Crippen molar-refractivity contribution in [3.63, 3.8) is 0 Å². The van der Waals surface area contributed by atoms with Crippen LogP contribution in [0.3, 0.4) is 0 Å². The van der Waals surface area contributed by atoms with Crippen molar-refractivity contribution in [1.29, 1.82) is 0 Å². The quantitative estimate of drug-likeness (QED) is 0.144. The Hall–Kier alpha value is -8.27. The third-order valence-electron chi connectivity index (χ3n) is 11.7. The van der Waals surface area contributed by atoms with Gasteiger partial charge in [-0.15, -0.1) is 0 Å². The molecule has 2 heterocycles. The molecule has 2 aromatic heterocycles. The number of fused-ring (bicyclic) bond motifs is 3. The molecule has 11 rings (SSSR count). The van der Waals surface area contributed by atoms with Crippen molar-refractivity contribution in [1.82, 2.24) is 15.0 Å². The van der Waals surface area contributed by atoms with Gasteiger partial charge in [0.05, 0.1) is 22.6 Å². The molecule has 0 saturated carbocycles. The van der Waals surface area contributed by atoms with E-state index in [1.54, 1.807) is 0 Å². The predicted molar refractivity (Wildman–Crippen MR) is 258 cm³/mol. The number of hydrogen-bond donors (Lipinski definition) is 0. The van der Waals surface area contributed by atoms with Gasteiger partial charge in [0.25, 0.3) is 0 Å². The van der Waals surface area contributed by atoms with Crippen molar-refractivity contribution in [2.75, 3.05) is 0 Å². The molecule has 0 aliphatic rings. The Labute approximate surface area is 361 Å². The highest BCUT2D eigenvalue weighted by atomic mass is 14.9. The molecule has 3 heteroatoms. The molecule has 0 saturated heterocycles. The Morgan fingerprint density at radius 1 is 0.242 bits per heavy atom. The Bertz CT molecular complexity index is 3230. The molecule has 0 unspecified atom stereocenters. The van der Waals surface area contributed by atoms with Crippen LogP contribution in [0, 0.1) is 0 Å². The van der Waals surface area contributed by atoms with Crippen LogP contribution in [0.15, 0.2) is 237 Å². The van der Waals surface area contributed by atoms with Gasteiger partial charge in [0.15, 0.2) is 5.82 Å². The Morgan fingerprint density at radius 3 is 1.19 bits per heavy atom. The second kappa shape index (κ2) is 16.1. The fraction of sp³-hybridized carbons (Fsp3) is 0. The summed E-state index contributed by atoms with van der Waals surface area (Å²) in [5, 5.41) is 3.49. The summed E-state index contributed by atoms with van der Waals surface area (Å²) in [4.78, 5) is 15.7. The van der Waals surface area contributed by atoms with Crippen LogP contribution < -0.4 is 0 Å². The normalized spacial score (nSPS) is 11.2. The summed E-state index contributed by atoms with van der Waals surface area (Å²) >= 11 is 0. The average molecular weight is 790 g/mol. The standard InChI is InChI=1S/C59H39N3/c1-5-14-40(15-6-1)42-24-30-46(31-25-42)54-39-55(62-59(61-54)49-34-28-43(29-35-49)41-16-7-2-8-17-41)47-32-26-44(27-33-47)50-36-37-52-56(38-50)60-58(48-20-11-4-12-21-48)53-23-13-22-51(57(52)53)45-18-9-3-10-19-45/h1-39H. The number of pyridine rings is 1. The van der Waals surface area contributed by atoms with Crippen molar-refractivity contribution in [3.8, 4) is 89.7 Å². The zero-order valence-corrected chi connectivity index (χ0v) is 33.9. The van der Waals surface area contributed by atoms with Gasteiger partial charge in [-0.05, 0) is 56.6 Å². The molecule has 0 atom stereocenters. The molecule has 0 bridgehead atoms. The topological polar surface area (TPSA) is 38.7 Å². The van der Waals surface area contributed by atoms with Gasteiger partial charge in [-0.1, -0.05) is 224 Å². The van der Waals surface area contributed by atoms with Crippen LogP contribution in [-0.2, 0) is 0 Å². The summed E-state index contributed by atoms with van der Waals surface area (Å²) in [7, 11) is 0. The van der Waals surface area contributed by atoms with Crippen molar-refractivity contribution in [2.24, 2.45) is 0 Å². The lowest BCUT2D eigenvalue weighted by Gasteiger charge is -2.15. The third kappa shape index (κ3) is 7.12. The first kappa shape index (κ1) is 36.8. The fourth-order valence-electron chi connectivity index (χ4n) is 8.52. The molecule has 0 fully saturated rings. The minimum atomic E-state index is 0.685. The SMILES string of the molecule is c1ccc(-c2ccc(-c3cc(-c4ccc(-c5ccc6c(c5)nc(-c5ccccc5)c5cccc(-c7ccccc7)c56)cc4)nc(-c4ccc(-c5ccccc5)cc4)n3)cc2)cc1. The van der Waals surface area contributed by atoms with Gasteiger partial charge in [0.2, 0.25) is 0 Å². The second-order valence-electron chi connectivity index (χ2n) is 15.6. The van der Waals surface area contributed by atoms with E-state index in [1.165, 1.54) is 33.2 Å². The molecular formula is C59H39N3. The van der Waals surface area contributed by atoms with Crippen LogP contribution in [0.5, 0.6) is 0 Å². The van der Waals surface area contributed by atoms with Crippen LogP contribution in [0.2, 0.25) is 0 Å². The molecule has 0 N–H and O–H groups in total. The molecule has 11 aromatic rings. The summed E-state index contributed by atoms with van der Waals surface area (Å²) in [5.74, 6) is 0.685. The van der Waals surface area contributed by atoms with Gasteiger partial charge in [0, 0.05) is 38.4 Å². The summed E-state index contributed by atoms with van der Waals surface area (Å²) in [6, 6.07) is 83.4. The molecule has 0 amide bonds. The maximum Gasteiger partial charge on any atom is 0.160 e. The number of aromatic nitrogens is 3. The third-order valence-corrected chi connectivity index (χ3v) is 11.7. The number of rotatable bonds is 8. The fourth-order valence-corrected chi connectivity index (χ4v) is 8.52. The molecule has 9 aromatic carbocycles. The maximum atomic E-state index is 5.36. The maximum absolute atomic E-state index is 5.36. The lowest BCUT2D eigenvalue weighted by molar-refractivity contribution is 1.18. The van der Waals surface area contributed by atoms with Crippen molar-refractivity contribution >= 4 is 21.7 Å². The van der Waals surface area contributed by atoms with Gasteiger partial charge in [-0.2, -0.15) is 0 Å². The van der Waals surface area contributed by atoms with Crippen LogP contribution >= 0.6 is 0 Å². The van der Waals surface area contributed by atoms with Crippen LogP contribution in [0.25, 0.3) is 111 Å². The lowest BCUT2D eigenvalue weighted by Crippen LogP contribution is -1.96. The molecule has 3 nitrogen and oxygen atoms in total. The number of benzene rings is 9. The lowest BCUT2D eigenvalue weighted by atomic mass is 9.92. The highest BCUT2D eigenvalue weighted by molar-refractivity contribution is 6.17. The van der Waals surface area contributed by atoms with Gasteiger partial charge in [0.1, 0.15) is 0 Å². The summed E-state index contributed by atoms with van der Waals surface area (Å²) in [6.07, 6.45) is 0. The van der Waals surface area contributed by atoms with Gasteiger partial charge >= 0.3 is 0 Å². The van der Waals surface area contributed by atoms with Gasteiger partial charge in [-0.25, -0.2) is 15.0 Å². The Balaban J connectivity index is 0.990. The zero-order chi connectivity index (χ0) is 41.2. The van der Waals surface area contributed by atoms with E-state index >= 15 is 0 Å². The van der Waals surface area contributed by atoms with E-state index in [0.29, 0.717) is 5.82 Å². The largest absolute Gasteiger partial charge is 0.247 e. The van der Waals surface area contributed by atoms with E-state index in [1.807, 2.05) is 12.1 Å². The molecule has 290 valence electrons. The summed E-state index contributed by atoms with van der Waals surface area (Å²) in [6.45, 7) is 0.